The van der Waals surface area contributed by atoms with Crippen LogP contribution in [0.5, 0.6) is 0 Å². The molecule has 0 aromatic carbocycles. The summed E-state index contributed by atoms with van der Waals surface area (Å²) < 4.78 is 12.7. The minimum absolute atomic E-state index is 0.253. The van der Waals surface area contributed by atoms with E-state index in [4.69, 9.17) is 9.47 Å². The summed E-state index contributed by atoms with van der Waals surface area (Å²) in [6, 6.07) is 0. The monoisotopic (exact) mass is 312 g/mol. The van der Waals surface area contributed by atoms with E-state index in [1.807, 2.05) is 5.38 Å². The normalized spacial score (nSPS) is 29.6. The van der Waals surface area contributed by atoms with Crippen LogP contribution in [0.3, 0.4) is 0 Å². The molecule has 3 rings (SSSR count). The Bertz CT molecular complexity index is 550. The zero-order chi connectivity index (χ0) is 14.7. The lowest BCUT2D eigenvalue weighted by Crippen LogP contribution is -2.56. The van der Waals surface area contributed by atoms with E-state index < -0.39 is 18.4 Å². The van der Waals surface area contributed by atoms with Crippen molar-refractivity contribution in [3.63, 3.8) is 0 Å². The van der Waals surface area contributed by atoms with Gasteiger partial charge in [-0.25, -0.2) is 9.67 Å². The molecule has 8 nitrogen and oxygen atoms in total. The number of hydrogen-bond acceptors (Lipinski definition) is 8. The lowest BCUT2D eigenvalue weighted by atomic mass is 9.98. The summed E-state index contributed by atoms with van der Waals surface area (Å²) in [6.45, 7) is 0.243. The number of rotatable bonds is 5. The molecule has 0 radical (unpaired) electrons. The van der Waals surface area contributed by atoms with Crippen molar-refractivity contribution in [1.29, 1.82) is 0 Å². The molecular weight excluding hydrogens is 296 g/mol. The Hall–Kier alpha value is -1.39. The van der Waals surface area contributed by atoms with Crippen LogP contribution in [-0.2, 0) is 21.8 Å². The molecule has 2 N–H and O–H groups in total. The average molecular weight is 312 g/mol. The Balaban J connectivity index is 1.63. The fraction of sp³-hybridized carbons (Fsp3) is 0.583. The number of thiazole rings is 1. The molecule has 2 aromatic rings. The van der Waals surface area contributed by atoms with Gasteiger partial charge in [0.1, 0.15) is 11.1 Å². The first-order valence-corrected chi connectivity index (χ1v) is 7.42. The van der Waals surface area contributed by atoms with Crippen molar-refractivity contribution in [1.82, 2.24) is 20.0 Å². The molecule has 0 bridgehead atoms. The molecule has 1 aliphatic heterocycles. The summed E-state index contributed by atoms with van der Waals surface area (Å²) in [5.41, 5.74) is -1.29. The van der Waals surface area contributed by atoms with Crippen molar-refractivity contribution in [3.05, 3.63) is 29.0 Å². The maximum atomic E-state index is 10.4. The van der Waals surface area contributed by atoms with Gasteiger partial charge in [-0.05, 0) is 0 Å². The van der Waals surface area contributed by atoms with E-state index in [1.54, 1.807) is 12.4 Å². The number of aliphatic hydroxyl groups excluding tert-OH is 2. The molecule has 0 saturated carbocycles. The molecule has 2 aromatic heterocycles. The van der Waals surface area contributed by atoms with Crippen molar-refractivity contribution in [3.8, 4) is 0 Å². The second-order valence-electron chi connectivity index (χ2n) is 4.77. The van der Waals surface area contributed by atoms with Crippen LogP contribution in [0, 0.1) is 0 Å². The largest absolute Gasteiger partial charge is 0.391 e. The molecule has 0 amide bonds. The summed E-state index contributed by atoms with van der Waals surface area (Å²) in [4.78, 5) is 4.13. The quantitative estimate of drug-likeness (QED) is 0.784. The average Bonchev–Trinajstić information content (AvgIpc) is 3.19. The van der Waals surface area contributed by atoms with Crippen LogP contribution in [-0.4, -0.2) is 55.6 Å². The van der Waals surface area contributed by atoms with Crippen LogP contribution >= 0.6 is 11.3 Å². The standard InChI is InChI=1S/C12H16N4O4S/c17-8-12(16-3-1-14-15-16)10(18)5-9(6-20-12)19-7-11-13-2-4-21-11/h1-4,9-10,17-18H,5-8H2. The fourth-order valence-corrected chi connectivity index (χ4v) is 2.85. The van der Waals surface area contributed by atoms with E-state index in [0.29, 0.717) is 13.0 Å². The number of hydrogen-bond donors (Lipinski definition) is 2. The summed E-state index contributed by atoms with van der Waals surface area (Å²) in [7, 11) is 0. The molecule has 1 aliphatic rings. The van der Waals surface area contributed by atoms with Gasteiger partial charge in [-0.2, -0.15) is 0 Å². The van der Waals surface area contributed by atoms with Crippen molar-refractivity contribution in [2.45, 2.75) is 31.0 Å². The Morgan fingerprint density at radius 3 is 3.05 bits per heavy atom. The molecule has 21 heavy (non-hydrogen) atoms. The molecule has 3 heterocycles. The molecular formula is C12H16N4O4S. The minimum atomic E-state index is -1.29. The SMILES string of the molecule is OCC1(n2ccnn2)OCC(OCc2nccs2)CC1O. The van der Waals surface area contributed by atoms with Gasteiger partial charge in [0.25, 0.3) is 0 Å². The van der Waals surface area contributed by atoms with Gasteiger partial charge in [0.2, 0.25) is 5.72 Å². The predicted molar refractivity (Wildman–Crippen MR) is 72.3 cm³/mol. The second-order valence-corrected chi connectivity index (χ2v) is 5.75. The topological polar surface area (TPSA) is 103 Å². The lowest BCUT2D eigenvalue weighted by Gasteiger charge is -2.42. The van der Waals surface area contributed by atoms with Crippen LogP contribution in [0.15, 0.2) is 24.0 Å². The van der Waals surface area contributed by atoms with E-state index in [1.165, 1.54) is 22.2 Å². The number of aliphatic hydroxyl groups is 2. The molecule has 3 atom stereocenters. The van der Waals surface area contributed by atoms with Crippen LogP contribution in [0.2, 0.25) is 0 Å². The second kappa shape index (κ2) is 6.16. The van der Waals surface area contributed by atoms with Gasteiger partial charge >= 0.3 is 0 Å². The Labute approximate surface area is 125 Å². The van der Waals surface area contributed by atoms with Gasteiger partial charge < -0.3 is 19.7 Å². The number of ether oxygens (including phenoxy) is 2. The molecule has 3 unspecified atom stereocenters. The predicted octanol–water partition coefficient (Wildman–Crippen LogP) is -0.254. The third-order valence-electron chi connectivity index (χ3n) is 3.49. The smallest absolute Gasteiger partial charge is 0.211 e. The van der Waals surface area contributed by atoms with Gasteiger partial charge in [-0.3, -0.25) is 0 Å². The molecule has 114 valence electrons. The van der Waals surface area contributed by atoms with E-state index in [2.05, 4.69) is 15.3 Å². The molecule has 1 fully saturated rings. The van der Waals surface area contributed by atoms with Crippen molar-refractivity contribution < 1.29 is 19.7 Å². The van der Waals surface area contributed by atoms with Gasteiger partial charge in [-0.1, -0.05) is 5.21 Å². The van der Waals surface area contributed by atoms with Gasteiger partial charge in [-0.15, -0.1) is 16.4 Å². The Morgan fingerprint density at radius 1 is 1.52 bits per heavy atom. The van der Waals surface area contributed by atoms with Gasteiger partial charge in [0.05, 0.1) is 32.1 Å². The summed E-state index contributed by atoms with van der Waals surface area (Å²) >= 11 is 1.51. The molecule has 0 spiro atoms. The maximum absolute atomic E-state index is 10.4. The molecule has 0 aliphatic carbocycles. The summed E-state index contributed by atoms with van der Waals surface area (Å²) in [5, 5.41) is 30.2. The van der Waals surface area contributed by atoms with E-state index in [-0.39, 0.29) is 12.7 Å². The lowest BCUT2D eigenvalue weighted by molar-refractivity contribution is -0.259. The number of nitrogens with zero attached hydrogens (tertiary/aromatic N) is 4. The van der Waals surface area contributed by atoms with E-state index in [9.17, 15) is 10.2 Å². The maximum Gasteiger partial charge on any atom is 0.211 e. The number of aromatic nitrogens is 4. The van der Waals surface area contributed by atoms with Crippen LogP contribution in [0.1, 0.15) is 11.4 Å². The summed E-state index contributed by atoms with van der Waals surface area (Å²) in [5.74, 6) is 0. The first-order chi connectivity index (χ1) is 10.2. The Kier molecular flexibility index (Phi) is 4.27. The minimum Gasteiger partial charge on any atom is -0.391 e. The molecule has 9 heteroatoms. The van der Waals surface area contributed by atoms with Gasteiger partial charge in [0, 0.05) is 24.2 Å². The fourth-order valence-electron chi connectivity index (χ4n) is 2.32. The highest BCUT2D eigenvalue weighted by molar-refractivity contribution is 7.09. The van der Waals surface area contributed by atoms with Crippen LogP contribution in [0.25, 0.3) is 0 Å². The molecule has 1 saturated heterocycles. The van der Waals surface area contributed by atoms with Crippen molar-refractivity contribution >= 4 is 11.3 Å². The van der Waals surface area contributed by atoms with Crippen molar-refractivity contribution in [2.75, 3.05) is 13.2 Å². The first-order valence-electron chi connectivity index (χ1n) is 6.54. The van der Waals surface area contributed by atoms with Crippen LogP contribution < -0.4 is 0 Å². The summed E-state index contributed by atoms with van der Waals surface area (Å²) in [6.07, 6.45) is 3.88. The van der Waals surface area contributed by atoms with E-state index in [0.717, 1.165) is 5.01 Å². The highest BCUT2D eigenvalue weighted by atomic mass is 32.1. The zero-order valence-electron chi connectivity index (χ0n) is 11.2. The highest BCUT2D eigenvalue weighted by Crippen LogP contribution is 2.30. The zero-order valence-corrected chi connectivity index (χ0v) is 12.0. The first kappa shape index (κ1) is 14.5. The third kappa shape index (κ3) is 2.83. The third-order valence-corrected chi connectivity index (χ3v) is 4.24. The van der Waals surface area contributed by atoms with Gasteiger partial charge in [0.15, 0.2) is 0 Å². The van der Waals surface area contributed by atoms with Crippen molar-refractivity contribution in [2.24, 2.45) is 0 Å². The Morgan fingerprint density at radius 2 is 2.43 bits per heavy atom. The highest BCUT2D eigenvalue weighted by Gasteiger charge is 2.46. The van der Waals surface area contributed by atoms with E-state index >= 15 is 0 Å². The van der Waals surface area contributed by atoms with Crippen LogP contribution in [0.4, 0.5) is 0 Å².